The highest BCUT2D eigenvalue weighted by Crippen LogP contribution is 2.43. The van der Waals surface area contributed by atoms with Crippen LogP contribution >= 0.6 is 0 Å². The van der Waals surface area contributed by atoms with Crippen molar-refractivity contribution in [1.29, 1.82) is 0 Å². The van der Waals surface area contributed by atoms with Crippen molar-refractivity contribution >= 4 is 43.6 Å². The number of para-hydroxylation sites is 3. The van der Waals surface area contributed by atoms with Crippen molar-refractivity contribution in [3.05, 3.63) is 224 Å². The summed E-state index contributed by atoms with van der Waals surface area (Å²) in [6.45, 7) is 0. The zero-order chi connectivity index (χ0) is 41.0. The number of aromatic nitrogens is 5. The molecule has 0 fully saturated rings. The summed E-state index contributed by atoms with van der Waals surface area (Å²) in [5.74, 6) is 1.80. The number of hydrogen-bond donors (Lipinski definition) is 0. The highest BCUT2D eigenvalue weighted by molar-refractivity contribution is 6.24. The largest absolute Gasteiger partial charge is 0.307 e. The lowest BCUT2D eigenvalue weighted by Crippen LogP contribution is -2.07. The molecule has 0 aliphatic rings. The molecule has 3 heterocycles. The summed E-state index contributed by atoms with van der Waals surface area (Å²) >= 11 is 0. The van der Waals surface area contributed by atoms with E-state index < -0.39 is 0 Å². The third-order valence-electron chi connectivity index (χ3n) is 12.0. The molecular formula is C57H37N5. The normalized spacial score (nSPS) is 11.5. The lowest BCUT2D eigenvalue weighted by molar-refractivity contribution is 0.953. The maximum atomic E-state index is 5.29. The Morgan fingerprint density at radius 1 is 0.274 bits per heavy atom. The van der Waals surface area contributed by atoms with E-state index in [9.17, 15) is 0 Å². The van der Waals surface area contributed by atoms with Crippen molar-refractivity contribution in [3.8, 4) is 67.8 Å². The second kappa shape index (κ2) is 14.7. The lowest BCUT2D eigenvalue weighted by atomic mass is 9.96. The molecule has 290 valence electrons. The Kier molecular flexibility index (Phi) is 8.42. The Hall–Kier alpha value is -8.41. The first-order valence-corrected chi connectivity index (χ1v) is 21.0. The zero-order valence-electron chi connectivity index (χ0n) is 33.6. The Balaban J connectivity index is 1.10. The number of rotatable bonds is 7. The van der Waals surface area contributed by atoms with E-state index in [1.165, 1.54) is 27.6 Å². The van der Waals surface area contributed by atoms with Gasteiger partial charge in [0.05, 0.1) is 27.8 Å². The predicted octanol–water partition coefficient (Wildman–Crippen LogP) is 14.4. The number of nitrogens with zero attached hydrogens (tertiary/aromatic N) is 5. The molecule has 0 radical (unpaired) electrons. The summed E-state index contributed by atoms with van der Waals surface area (Å²) in [6.07, 6.45) is 0. The fourth-order valence-corrected chi connectivity index (χ4v) is 9.12. The van der Waals surface area contributed by atoms with Gasteiger partial charge in [0.25, 0.3) is 0 Å². The van der Waals surface area contributed by atoms with Crippen LogP contribution in [0.1, 0.15) is 0 Å². The van der Waals surface area contributed by atoms with Gasteiger partial charge in [0.1, 0.15) is 0 Å². The highest BCUT2D eigenvalue weighted by atomic mass is 15.2. The van der Waals surface area contributed by atoms with Gasteiger partial charge >= 0.3 is 0 Å². The van der Waals surface area contributed by atoms with E-state index in [0.29, 0.717) is 17.6 Å². The van der Waals surface area contributed by atoms with Crippen LogP contribution in [0.15, 0.2) is 224 Å². The predicted molar refractivity (Wildman–Crippen MR) is 256 cm³/mol. The lowest BCUT2D eigenvalue weighted by Gasteiger charge is -2.16. The molecule has 0 aliphatic heterocycles. The first-order valence-electron chi connectivity index (χ1n) is 21.0. The number of benzene rings is 9. The van der Waals surface area contributed by atoms with Gasteiger partial charge in [0.2, 0.25) is 5.95 Å². The molecule has 12 aromatic rings. The van der Waals surface area contributed by atoms with E-state index in [1.807, 2.05) is 36.4 Å². The van der Waals surface area contributed by atoms with Crippen LogP contribution in [-0.2, 0) is 0 Å². The van der Waals surface area contributed by atoms with Crippen molar-refractivity contribution in [2.24, 2.45) is 0 Å². The molecule has 0 bridgehead atoms. The van der Waals surface area contributed by atoms with Crippen LogP contribution in [0.4, 0.5) is 0 Å². The summed E-state index contributed by atoms with van der Waals surface area (Å²) in [5, 5.41) is 4.58. The fraction of sp³-hybridized carbons (Fsp3) is 0. The molecular weight excluding hydrogens is 755 g/mol. The van der Waals surface area contributed by atoms with Crippen LogP contribution in [0.25, 0.3) is 111 Å². The Morgan fingerprint density at radius 3 is 1.31 bits per heavy atom. The molecule has 0 amide bonds. The Bertz CT molecular complexity index is 3550. The smallest absolute Gasteiger partial charge is 0.238 e. The highest BCUT2D eigenvalue weighted by Gasteiger charge is 2.24. The minimum absolute atomic E-state index is 0.563. The van der Waals surface area contributed by atoms with Crippen molar-refractivity contribution in [2.75, 3.05) is 0 Å². The van der Waals surface area contributed by atoms with Gasteiger partial charge in [0, 0.05) is 38.2 Å². The van der Waals surface area contributed by atoms with Gasteiger partial charge in [-0.2, -0.15) is 9.97 Å². The first kappa shape index (κ1) is 35.5. The Morgan fingerprint density at radius 2 is 0.710 bits per heavy atom. The van der Waals surface area contributed by atoms with Crippen LogP contribution in [0, 0.1) is 0 Å². The molecule has 0 atom stereocenters. The van der Waals surface area contributed by atoms with Crippen molar-refractivity contribution < 1.29 is 0 Å². The van der Waals surface area contributed by atoms with Crippen LogP contribution < -0.4 is 0 Å². The molecule has 0 saturated heterocycles. The summed E-state index contributed by atoms with van der Waals surface area (Å²) < 4.78 is 4.70. The SMILES string of the molecule is c1ccc(-c2cccc(-c3ccc(-c4ccccc4-n4c5ccccc5c5ccc6c7ccccc7n(-c7nc(-c8ccccc8)nc(-c8ccccc8)n7)c6c54)cc3)c2)cc1. The second-order valence-corrected chi connectivity index (χ2v) is 15.6. The van der Waals surface area contributed by atoms with E-state index >= 15 is 0 Å². The van der Waals surface area contributed by atoms with Gasteiger partial charge in [-0.1, -0.05) is 200 Å². The molecule has 0 N–H and O–H groups in total. The molecule has 0 spiro atoms. The van der Waals surface area contributed by atoms with E-state index in [-0.39, 0.29) is 0 Å². The van der Waals surface area contributed by atoms with E-state index in [1.54, 1.807) is 0 Å². The molecule has 5 nitrogen and oxygen atoms in total. The van der Waals surface area contributed by atoms with Crippen molar-refractivity contribution in [3.63, 3.8) is 0 Å². The molecule has 12 rings (SSSR count). The molecule has 0 unspecified atom stereocenters. The quantitative estimate of drug-likeness (QED) is 0.162. The summed E-state index contributed by atoms with van der Waals surface area (Å²) in [5.41, 5.74) is 14.3. The third kappa shape index (κ3) is 5.90. The van der Waals surface area contributed by atoms with E-state index in [2.05, 4.69) is 197 Å². The van der Waals surface area contributed by atoms with Crippen LogP contribution in [0.2, 0.25) is 0 Å². The minimum Gasteiger partial charge on any atom is -0.307 e. The topological polar surface area (TPSA) is 48.5 Å². The van der Waals surface area contributed by atoms with Crippen molar-refractivity contribution in [1.82, 2.24) is 24.1 Å². The van der Waals surface area contributed by atoms with Gasteiger partial charge in [-0.25, -0.2) is 4.98 Å². The molecule has 62 heavy (non-hydrogen) atoms. The monoisotopic (exact) mass is 791 g/mol. The van der Waals surface area contributed by atoms with Crippen LogP contribution in [0.3, 0.4) is 0 Å². The minimum atomic E-state index is 0.563. The average molecular weight is 792 g/mol. The second-order valence-electron chi connectivity index (χ2n) is 15.6. The van der Waals surface area contributed by atoms with Gasteiger partial charge in [-0.3, -0.25) is 4.57 Å². The standard InChI is InChI=1S/C57H37N5/c1-4-17-38(18-5-1)43-23-16-24-44(37-43)39-31-33-40(34-32-39)45-25-10-13-28-50(45)61-51-29-14-11-26-46(51)48-35-36-49-47-27-12-15-30-52(47)62(54(49)53(48)61)57-59-55(41-19-6-2-7-20-41)58-56(60-57)42-21-8-3-9-22-42/h1-37H. The number of hydrogen-bond acceptors (Lipinski definition) is 3. The van der Waals surface area contributed by atoms with E-state index in [0.717, 1.165) is 66.2 Å². The molecule has 5 heteroatoms. The van der Waals surface area contributed by atoms with Gasteiger partial charge < -0.3 is 4.57 Å². The zero-order valence-corrected chi connectivity index (χ0v) is 33.6. The van der Waals surface area contributed by atoms with E-state index in [4.69, 9.17) is 15.0 Å². The summed E-state index contributed by atoms with van der Waals surface area (Å²) in [6, 6.07) is 79.3. The molecule has 9 aromatic carbocycles. The third-order valence-corrected chi connectivity index (χ3v) is 12.0. The van der Waals surface area contributed by atoms with Gasteiger partial charge in [-0.15, -0.1) is 0 Å². The molecule has 0 aliphatic carbocycles. The molecule has 3 aromatic heterocycles. The van der Waals surface area contributed by atoms with Gasteiger partial charge in [-0.05, 0) is 52.1 Å². The first-order chi connectivity index (χ1) is 30.8. The average Bonchev–Trinajstić information content (AvgIpc) is 3.88. The summed E-state index contributed by atoms with van der Waals surface area (Å²) in [7, 11) is 0. The maximum Gasteiger partial charge on any atom is 0.238 e. The van der Waals surface area contributed by atoms with Gasteiger partial charge in [0.15, 0.2) is 11.6 Å². The fourth-order valence-electron chi connectivity index (χ4n) is 9.12. The Labute approximate surface area is 358 Å². The molecule has 0 saturated carbocycles. The van der Waals surface area contributed by atoms with Crippen molar-refractivity contribution in [2.45, 2.75) is 0 Å². The van der Waals surface area contributed by atoms with Crippen LogP contribution in [0.5, 0.6) is 0 Å². The number of fused-ring (bicyclic) bond motifs is 7. The summed E-state index contributed by atoms with van der Waals surface area (Å²) in [4.78, 5) is 15.6. The van der Waals surface area contributed by atoms with Crippen LogP contribution in [-0.4, -0.2) is 24.1 Å². The maximum absolute atomic E-state index is 5.29.